The Balaban J connectivity index is 3.50. The molecule has 0 radical (unpaired) electrons. The van der Waals surface area contributed by atoms with E-state index in [2.05, 4.69) is 11.6 Å². The molecule has 0 bridgehead atoms. The fourth-order valence-electron chi connectivity index (χ4n) is 1.71. The summed E-state index contributed by atoms with van der Waals surface area (Å²) in [5.41, 5.74) is -0.931. The van der Waals surface area contributed by atoms with E-state index in [1.165, 1.54) is 0 Å². The van der Waals surface area contributed by atoms with Crippen molar-refractivity contribution in [1.29, 1.82) is 0 Å². The van der Waals surface area contributed by atoms with Crippen molar-refractivity contribution in [2.45, 2.75) is 26.3 Å². The molecule has 0 aliphatic heterocycles. The summed E-state index contributed by atoms with van der Waals surface area (Å²) in [5, 5.41) is 20.1. The lowest BCUT2D eigenvalue weighted by Crippen LogP contribution is -2.42. The molecular weight excluding hydrogens is 262 g/mol. The fraction of sp³-hybridized carbons (Fsp3) is 0.385. The van der Waals surface area contributed by atoms with Gasteiger partial charge in [-0.15, -0.1) is 6.58 Å². The lowest BCUT2D eigenvalue weighted by Gasteiger charge is -2.35. The molecule has 0 saturated carbocycles. The predicted molar refractivity (Wildman–Crippen MR) is 75.1 cm³/mol. The maximum Gasteiger partial charge on any atom is 0.354 e. The minimum Gasteiger partial charge on any atom is -0.477 e. The van der Waals surface area contributed by atoms with E-state index in [1.54, 1.807) is 11.0 Å². The minimum absolute atomic E-state index is 0.0299. The molecule has 0 fully saturated rings. The van der Waals surface area contributed by atoms with Gasteiger partial charge < -0.3 is 10.0 Å². The molecule has 0 unspecified atom stereocenters. The van der Waals surface area contributed by atoms with Crippen molar-refractivity contribution in [3.8, 4) is 0 Å². The van der Waals surface area contributed by atoms with Gasteiger partial charge in [0.05, 0.1) is 4.92 Å². The van der Waals surface area contributed by atoms with Gasteiger partial charge in [0, 0.05) is 18.2 Å². The molecule has 20 heavy (non-hydrogen) atoms. The normalized spacial score (nSPS) is 10.9. The first-order valence-corrected chi connectivity index (χ1v) is 5.95. The Hall–Kier alpha value is -2.44. The number of carboxylic acids is 1. The zero-order valence-electron chi connectivity index (χ0n) is 11.7. The zero-order valence-corrected chi connectivity index (χ0v) is 11.7. The van der Waals surface area contributed by atoms with E-state index in [1.807, 2.05) is 20.8 Å². The standard InChI is InChI=1S/C13H17N3O4/c1-5-8-15(13(2,3)4)11-10(16(19)20)7-6-9(14-11)12(17)18/h5-7H,1,8H2,2-4H3,(H,17,18). The van der Waals surface area contributed by atoms with Crippen molar-refractivity contribution in [3.05, 3.63) is 40.6 Å². The number of rotatable bonds is 5. The third-order valence-electron chi connectivity index (χ3n) is 2.65. The van der Waals surface area contributed by atoms with E-state index in [4.69, 9.17) is 5.11 Å². The van der Waals surface area contributed by atoms with E-state index in [-0.39, 0.29) is 17.2 Å². The van der Waals surface area contributed by atoms with Crippen molar-refractivity contribution in [2.75, 3.05) is 11.4 Å². The molecule has 0 aromatic carbocycles. The zero-order chi connectivity index (χ0) is 15.5. The first-order valence-electron chi connectivity index (χ1n) is 5.95. The molecule has 1 heterocycles. The second-order valence-corrected chi connectivity index (χ2v) is 5.17. The van der Waals surface area contributed by atoms with Gasteiger partial charge in [-0.3, -0.25) is 10.1 Å². The molecule has 0 saturated heterocycles. The highest BCUT2D eigenvalue weighted by atomic mass is 16.6. The van der Waals surface area contributed by atoms with Gasteiger partial charge in [0.1, 0.15) is 0 Å². The van der Waals surface area contributed by atoms with Crippen LogP contribution in [-0.2, 0) is 0 Å². The average Bonchev–Trinajstić information content (AvgIpc) is 2.33. The average molecular weight is 279 g/mol. The van der Waals surface area contributed by atoms with Gasteiger partial charge in [-0.25, -0.2) is 9.78 Å². The van der Waals surface area contributed by atoms with Gasteiger partial charge in [-0.1, -0.05) is 6.08 Å². The number of anilines is 1. The third-order valence-corrected chi connectivity index (χ3v) is 2.65. The highest BCUT2D eigenvalue weighted by Crippen LogP contribution is 2.31. The molecule has 1 rings (SSSR count). The fourth-order valence-corrected chi connectivity index (χ4v) is 1.71. The maximum atomic E-state index is 11.1. The summed E-state index contributed by atoms with van der Waals surface area (Å²) in [7, 11) is 0. The number of hydrogen-bond donors (Lipinski definition) is 1. The van der Waals surface area contributed by atoms with Crippen LogP contribution in [0.1, 0.15) is 31.3 Å². The largest absolute Gasteiger partial charge is 0.477 e. The molecule has 7 heteroatoms. The van der Waals surface area contributed by atoms with E-state index in [0.29, 0.717) is 6.54 Å². The van der Waals surface area contributed by atoms with Crippen molar-refractivity contribution in [3.63, 3.8) is 0 Å². The Morgan fingerprint density at radius 1 is 1.55 bits per heavy atom. The Morgan fingerprint density at radius 2 is 2.15 bits per heavy atom. The van der Waals surface area contributed by atoms with Gasteiger partial charge in [-0.2, -0.15) is 0 Å². The first-order chi connectivity index (χ1) is 9.18. The van der Waals surface area contributed by atoms with Crippen LogP contribution in [0.25, 0.3) is 0 Å². The van der Waals surface area contributed by atoms with Crippen molar-refractivity contribution < 1.29 is 14.8 Å². The highest BCUT2D eigenvalue weighted by Gasteiger charge is 2.29. The number of carboxylic acid groups (broad SMARTS) is 1. The van der Waals surface area contributed by atoms with Crippen LogP contribution in [0, 0.1) is 10.1 Å². The molecule has 0 amide bonds. The molecule has 0 aliphatic carbocycles. The van der Waals surface area contributed by atoms with Gasteiger partial charge >= 0.3 is 11.7 Å². The van der Waals surface area contributed by atoms with Gasteiger partial charge in [0.2, 0.25) is 5.82 Å². The highest BCUT2D eigenvalue weighted by molar-refractivity contribution is 5.86. The topological polar surface area (TPSA) is 96.6 Å². The molecule has 1 aromatic rings. The van der Waals surface area contributed by atoms with Crippen molar-refractivity contribution in [1.82, 2.24) is 4.98 Å². The number of carbonyl (C=O) groups is 1. The summed E-state index contributed by atoms with van der Waals surface area (Å²) in [6, 6.07) is 2.28. The second-order valence-electron chi connectivity index (χ2n) is 5.17. The van der Waals surface area contributed by atoms with Gasteiger partial charge in [0.15, 0.2) is 5.69 Å². The van der Waals surface area contributed by atoms with Crippen molar-refractivity contribution in [2.24, 2.45) is 0 Å². The minimum atomic E-state index is -1.23. The van der Waals surface area contributed by atoms with E-state index >= 15 is 0 Å². The maximum absolute atomic E-state index is 11.1. The van der Waals surface area contributed by atoms with E-state index in [0.717, 1.165) is 12.1 Å². The Kier molecular flexibility index (Phi) is 4.44. The number of pyridine rings is 1. The van der Waals surface area contributed by atoms with E-state index < -0.39 is 16.4 Å². The molecule has 108 valence electrons. The van der Waals surface area contributed by atoms with Crippen LogP contribution in [-0.4, -0.2) is 33.1 Å². The van der Waals surface area contributed by atoms with Crippen LogP contribution in [0.2, 0.25) is 0 Å². The summed E-state index contributed by atoms with van der Waals surface area (Å²) < 4.78 is 0. The van der Waals surface area contributed by atoms with Crippen molar-refractivity contribution >= 4 is 17.5 Å². The van der Waals surface area contributed by atoms with Gasteiger partial charge in [-0.05, 0) is 26.8 Å². The lowest BCUT2D eigenvalue weighted by atomic mass is 10.1. The smallest absolute Gasteiger partial charge is 0.354 e. The molecule has 1 aromatic heterocycles. The number of aromatic nitrogens is 1. The number of nitrogens with zero attached hydrogens (tertiary/aromatic N) is 3. The molecule has 0 spiro atoms. The van der Waals surface area contributed by atoms with Gasteiger partial charge in [0.25, 0.3) is 0 Å². The number of aromatic carboxylic acids is 1. The summed E-state index contributed by atoms with van der Waals surface area (Å²) >= 11 is 0. The Morgan fingerprint density at radius 3 is 2.55 bits per heavy atom. The molecule has 1 N–H and O–H groups in total. The SMILES string of the molecule is C=CCN(c1nc(C(=O)O)ccc1[N+](=O)[O-])C(C)(C)C. The third kappa shape index (κ3) is 3.31. The monoisotopic (exact) mass is 279 g/mol. The summed E-state index contributed by atoms with van der Waals surface area (Å²) in [6.07, 6.45) is 1.59. The van der Waals surface area contributed by atoms with Crippen LogP contribution in [0.5, 0.6) is 0 Å². The number of nitro groups is 1. The van der Waals surface area contributed by atoms with Crippen LogP contribution in [0.15, 0.2) is 24.8 Å². The lowest BCUT2D eigenvalue weighted by molar-refractivity contribution is -0.384. The van der Waals surface area contributed by atoms with Crippen LogP contribution < -0.4 is 4.90 Å². The summed E-state index contributed by atoms with van der Waals surface area (Å²) in [5.74, 6) is -1.20. The second kappa shape index (κ2) is 5.68. The molecule has 0 atom stereocenters. The molecular formula is C13H17N3O4. The van der Waals surface area contributed by atoms with Crippen LogP contribution >= 0.6 is 0 Å². The molecule has 0 aliphatic rings. The van der Waals surface area contributed by atoms with E-state index in [9.17, 15) is 14.9 Å². The molecule has 7 nitrogen and oxygen atoms in total. The Bertz CT molecular complexity index is 549. The summed E-state index contributed by atoms with van der Waals surface area (Å²) in [6.45, 7) is 9.51. The summed E-state index contributed by atoms with van der Waals surface area (Å²) in [4.78, 5) is 27.1. The Labute approximate surface area is 116 Å². The van der Waals surface area contributed by atoms with Crippen LogP contribution in [0.3, 0.4) is 0 Å². The first kappa shape index (κ1) is 15.6. The quantitative estimate of drug-likeness (QED) is 0.505. The predicted octanol–water partition coefficient (Wildman–Crippen LogP) is 2.48. The number of hydrogen-bond acceptors (Lipinski definition) is 5. The van der Waals surface area contributed by atoms with Crippen LogP contribution in [0.4, 0.5) is 11.5 Å².